The monoisotopic (exact) mass is 507 g/mol. The van der Waals surface area contributed by atoms with Crippen LogP contribution in [-0.4, -0.2) is 16.0 Å². The number of nitrogens with one attached hydrogen (secondary N) is 2. The van der Waals surface area contributed by atoms with Crippen LogP contribution in [0.5, 0.6) is 0 Å². The van der Waals surface area contributed by atoms with Crippen LogP contribution in [0.15, 0.2) is 77.8 Å². The van der Waals surface area contributed by atoms with E-state index in [1.54, 1.807) is 6.07 Å². The Hall–Kier alpha value is -2.86. The van der Waals surface area contributed by atoms with Crippen LogP contribution < -0.4 is 10.6 Å². The zero-order chi connectivity index (χ0) is 23.7. The van der Waals surface area contributed by atoms with Crippen LogP contribution in [0.4, 0.5) is 5.69 Å². The third kappa shape index (κ3) is 4.83. The summed E-state index contributed by atoms with van der Waals surface area (Å²) in [6.45, 7) is 2.74. The van der Waals surface area contributed by atoms with Crippen molar-refractivity contribution in [2.45, 2.75) is 25.4 Å². The molecule has 0 unspecified atom stereocenters. The third-order valence-corrected chi connectivity index (χ3v) is 7.47. The molecule has 1 aliphatic heterocycles. The fourth-order valence-electron chi connectivity index (χ4n) is 4.05. The number of carbonyl (C=O) groups excluding carboxylic acids is 1. The first-order valence-corrected chi connectivity index (χ1v) is 12.7. The summed E-state index contributed by atoms with van der Waals surface area (Å²) in [4.78, 5) is 13.4. The first-order chi connectivity index (χ1) is 16.5. The highest BCUT2D eigenvalue weighted by Gasteiger charge is 2.27. The number of nitrogens with zero attached hydrogens (tertiary/aromatic N) is 1. The molecule has 1 aromatic heterocycles. The number of rotatable bonds is 6. The summed E-state index contributed by atoms with van der Waals surface area (Å²) < 4.78 is 2.15. The van der Waals surface area contributed by atoms with Crippen LogP contribution in [0.3, 0.4) is 0 Å². The fourth-order valence-corrected chi connectivity index (χ4v) is 5.49. The number of hydrogen-bond acceptors (Lipinski definition) is 3. The smallest absolute Gasteiger partial charge is 0.260 e. The Bertz CT molecular complexity index is 1400. The minimum absolute atomic E-state index is 0.0785. The summed E-state index contributed by atoms with van der Waals surface area (Å²) in [6, 6.07) is 22.0. The molecular weight excluding hydrogens is 485 g/mol. The predicted octanol–water partition coefficient (Wildman–Crippen LogP) is 7.16. The molecule has 0 aliphatic carbocycles. The van der Waals surface area contributed by atoms with Crippen LogP contribution in [0.1, 0.15) is 23.6 Å². The molecule has 2 N–H and O–H groups in total. The number of hydrogen-bond donors (Lipinski definition) is 2. The van der Waals surface area contributed by atoms with Crippen molar-refractivity contribution >= 4 is 63.5 Å². The highest BCUT2D eigenvalue weighted by Crippen LogP contribution is 2.33. The number of thioether (sulfide) groups is 1. The lowest BCUT2D eigenvalue weighted by molar-refractivity contribution is -0.116. The molecule has 1 saturated heterocycles. The Balaban J connectivity index is 1.40. The van der Waals surface area contributed by atoms with E-state index in [4.69, 9.17) is 23.2 Å². The standard InChI is InChI=1S/C27H23Cl2N3OS/c1-2-17-7-11-21(12-8-17)30-27-31-26(33)25(34-27)13-19-16-32(24-6-4-3-5-22(19)24)15-18-9-10-20(28)14-23(18)29/h3-14,16,27,30H,2,15H2,1H3,(H,31,33)/b25-13-/t27-/m1/s1. The van der Waals surface area contributed by atoms with Crippen molar-refractivity contribution in [3.63, 3.8) is 0 Å². The van der Waals surface area contributed by atoms with E-state index in [0.29, 0.717) is 21.5 Å². The van der Waals surface area contributed by atoms with Crippen molar-refractivity contribution in [3.8, 4) is 0 Å². The third-order valence-electron chi connectivity index (χ3n) is 5.85. The number of amides is 1. The van der Waals surface area contributed by atoms with E-state index in [0.717, 1.165) is 34.1 Å². The van der Waals surface area contributed by atoms with Crippen molar-refractivity contribution in [1.29, 1.82) is 0 Å². The van der Waals surface area contributed by atoms with E-state index in [2.05, 4.69) is 52.6 Å². The Morgan fingerprint density at radius 2 is 1.88 bits per heavy atom. The van der Waals surface area contributed by atoms with Gasteiger partial charge in [-0.15, -0.1) is 0 Å². The molecular formula is C27H23Cl2N3OS. The molecule has 172 valence electrons. The molecule has 0 saturated carbocycles. The highest BCUT2D eigenvalue weighted by atomic mass is 35.5. The fraction of sp³-hybridized carbons (Fsp3) is 0.148. The van der Waals surface area contributed by atoms with Gasteiger partial charge in [-0.25, -0.2) is 0 Å². The lowest BCUT2D eigenvalue weighted by Crippen LogP contribution is -2.30. The molecule has 34 heavy (non-hydrogen) atoms. The molecule has 0 radical (unpaired) electrons. The zero-order valence-corrected chi connectivity index (χ0v) is 20.8. The zero-order valence-electron chi connectivity index (χ0n) is 18.5. The van der Waals surface area contributed by atoms with Crippen molar-refractivity contribution < 1.29 is 4.79 Å². The first kappa shape index (κ1) is 22.9. The van der Waals surface area contributed by atoms with E-state index in [9.17, 15) is 4.79 Å². The van der Waals surface area contributed by atoms with Crippen LogP contribution in [0.25, 0.3) is 17.0 Å². The van der Waals surface area contributed by atoms with Crippen LogP contribution in [-0.2, 0) is 17.8 Å². The predicted molar refractivity (Wildman–Crippen MR) is 144 cm³/mol. The maximum Gasteiger partial charge on any atom is 0.260 e. The number of halogens is 2. The van der Waals surface area contributed by atoms with E-state index in [1.807, 2.05) is 42.5 Å². The van der Waals surface area contributed by atoms with Gasteiger partial charge in [0.1, 0.15) is 0 Å². The molecule has 4 aromatic rings. The molecule has 0 spiro atoms. The Morgan fingerprint density at radius 3 is 2.65 bits per heavy atom. The molecule has 4 nitrogen and oxygen atoms in total. The summed E-state index contributed by atoms with van der Waals surface area (Å²) in [7, 11) is 0. The summed E-state index contributed by atoms with van der Waals surface area (Å²) in [5, 5.41) is 8.74. The van der Waals surface area contributed by atoms with Gasteiger partial charge in [0.2, 0.25) is 0 Å². The Kier molecular flexibility index (Phi) is 6.59. The van der Waals surface area contributed by atoms with Gasteiger partial charge in [0, 0.05) is 44.9 Å². The molecule has 0 bridgehead atoms. The number of aryl methyl sites for hydroxylation is 1. The van der Waals surface area contributed by atoms with Gasteiger partial charge in [-0.3, -0.25) is 4.79 Å². The normalized spacial score (nSPS) is 16.9. The average Bonchev–Trinajstić information content (AvgIpc) is 3.36. The van der Waals surface area contributed by atoms with Gasteiger partial charge >= 0.3 is 0 Å². The molecule has 5 rings (SSSR count). The van der Waals surface area contributed by atoms with Crippen molar-refractivity contribution in [1.82, 2.24) is 9.88 Å². The van der Waals surface area contributed by atoms with Crippen LogP contribution >= 0.6 is 35.0 Å². The lowest BCUT2D eigenvalue weighted by Gasteiger charge is -2.12. The van der Waals surface area contributed by atoms with E-state index in [-0.39, 0.29) is 11.4 Å². The molecule has 2 heterocycles. The maximum absolute atomic E-state index is 12.7. The average molecular weight is 508 g/mol. The van der Waals surface area contributed by atoms with Gasteiger partial charge in [0.25, 0.3) is 5.91 Å². The summed E-state index contributed by atoms with van der Waals surface area (Å²) in [5.41, 5.74) is 5.10. The number of fused-ring (bicyclic) bond motifs is 1. The maximum atomic E-state index is 12.7. The Labute approximate surface area is 212 Å². The van der Waals surface area contributed by atoms with Gasteiger partial charge in [0.15, 0.2) is 5.50 Å². The SMILES string of the molecule is CCc1ccc(N[C@@H]2NC(=O)/C(=C/c3cn(Cc4ccc(Cl)cc4Cl)c4ccccc34)S2)cc1. The molecule has 3 aromatic carbocycles. The molecule has 1 atom stereocenters. The molecule has 1 amide bonds. The van der Waals surface area contributed by atoms with Crippen LogP contribution in [0, 0.1) is 0 Å². The van der Waals surface area contributed by atoms with Crippen molar-refractivity contribution in [3.05, 3.63) is 105 Å². The number of benzene rings is 3. The summed E-state index contributed by atoms with van der Waals surface area (Å²) >= 11 is 14.0. The minimum atomic E-state index is -0.215. The van der Waals surface area contributed by atoms with Crippen molar-refractivity contribution in [2.24, 2.45) is 0 Å². The number of anilines is 1. The van der Waals surface area contributed by atoms with E-state index >= 15 is 0 Å². The molecule has 1 fully saturated rings. The van der Waals surface area contributed by atoms with Gasteiger partial charge < -0.3 is 15.2 Å². The van der Waals surface area contributed by atoms with Gasteiger partial charge in [-0.2, -0.15) is 0 Å². The second kappa shape index (κ2) is 9.79. The molecule has 1 aliphatic rings. The topological polar surface area (TPSA) is 46.1 Å². The van der Waals surface area contributed by atoms with E-state index in [1.165, 1.54) is 17.3 Å². The minimum Gasteiger partial charge on any atom is -0.357 e. The number of para-hydroxylation sites is 1. The first-order valence-electron chi connectivity index (χ1n) is 11.1. The van der Waals surface area contributed by atoms with E-state index < -0.39 is 0 Å². The second-order valence-electron chi connectivity index (χ2n) is 8.14. The molecule has 7 heteroatoms. The quantitative estimate of drug-likeness (QED) is 0.272. The highest BCUT2D eigenvalue weighted by molar-refractivity contribution is 8.05. The van der Waals surface area contributed by atoms with Crippen molar-refractivity contribution in [2.75, 3.05) is 5.32 Å². The second-order valence-corrected chi connectivity index (χ2v) is 10.1. The number of carbonyl (C=O) groups is 1. The number of aromatic nitrogens is 1. The Morgan fingerprint density at radius 1 is 1.09 bits per heavy atom. The lowest BCUT2D eigenvalue weighted by atomic mass is 10.1. The van der Waals surface area contributed by atoms with Gasteiger partial charge in [0.05, 0.1) is 4.91 Å². The summed E-state index contributed by atoms with van der Waals surface area (Å²) in [6.07, 6.45) is 5.03. The van der Waals surface area contributed by atoms with Gasteiger partial charge in [-0.1, -0.05) is 78.3 Å². The van der Waals surface area contributed by atoms with Crippen LogP contribution in [0.2, 0.25) is 10.0 Å². The van der Waals surface area contributed by atoms with Gasteiger partial charge in [-0.05, 0) is 54.0 Å². The summed E-state index contributed by atoms with van der Waals surface area (Å²) in [5.74, 6) is -0.0785. The largest absolute Gasteiger partial charge is 0.357 e.